The molecule has 7 nitrogen and oxygen atoms in total. The maximum absolute atomic E-state index is 10.6. The number of hydrogen-bond acceptors (Lipinski definition) is 5. The SMILES string of the molecule is O=[N+]([O-])c1cc(Cl)nc(NCc2cnc[nH]2)c1. The summed E-state index contributed by atoms with van der Waals surface area (Å²) in [5.74, 6) is 0.346. The molecule has 2 heterocycles. The molecule has 2 N–H and O–H groups in total. The minimum atomic E-state index is -0.519. The average molecular weight is 254 g/mol. The van der Waals surface area contributed by atoms with Crippen molar-refractivity contribution in [1.29, 1.82) is 0 Å². The monoisotopic (exact) mass is 253 g/mol. The van der Waals surface area contributed by atoms with Gasteiger partial charge in [0.25, 0.3) is 5.69 Å². The summed E-state index contributed by atoms with van der Waals surface area (Å²) in [6.45, 7) is 0.435. The van der Waals surface area contributed by atoms with E-state index in [1.54, 1.807) is 12.5 Å². The van der Waals surface area contributed by atoms with Gasteiger partial charge in [0.05, 0.1) is 35.6 Å². The summed E-state index contributed by atoms with van der Waals surface area (Å²) in [4.78, 5) is 20.8. The molecule has 0 aliphatic heterocycles. The van der Waals surface area contributed by atoms with Crippen LogP contribution in [0.4, 0.5) is 11.5 Å². The van der Waals surface area contributed by atoms with Crippen LogP contribution in [0.5, 0.6) is 0 Å². The predicted octanol–water partition coefficient (Wildman–Crippen LogP) is 1.98. The van der Waals surface area contributed by atoms with Gasteiger partial charge in [-0.1, -0.05) is 11.6 Å². The largest absolute Gasteiger partial charge is 0.364 e. The van der Waals surface area contributed by atoms with Crippen LogP contribution in [0.3, 0.4) is 0 Å². The lowest BCUT2D eigenvalue weighted by atomic mass is 10.4. The minimum absolute atomic E-state index is 0.0753. The minimum Gasteiger partial charge on any atom is -0.364 e. The molecule has 17 heavy (non-hydrogen) atoms. The van der Waals surface area contributed by atoms with Gasteiger partial charge in [0.15, 0.2) is 0 Å². The van der Waals surface area contributed by atoms with Gasteiger partial charge >= 0.3 is 0 Å². The second-order valence-electron chi connectivity index (χ2n) is 3.22. The van der Waals surface area contributed by atoms with Gasteiger partial charge in [0, 0.05) is 6.20 Å². The number of anilines is 1. The molecule has 0 atom stereocenters. The second kappa shape index (κ2) is 4.79. The number of pyridine rings is 1. The molecule has 0 saturated heterocycles. The number of hydrogen-bond donors (Lipinski definition) is 2. The molecule has 0 bridgehead atoms. The first-order valence-corrected chi connectivity index (χ1v) is 5.06. The third-order valence-corrected chi connectivity index (χ3v) is 2.20. The van der Waals surface area contributed by atoms with Gasteiger partial charge in [-0.25, -0.2) is 9.97 Å². The number of aromatic amines is 1. The van der Waals surface area contributed by atoms with Crippen molar-refractivity contribution in [3.63, 3.8) is 0 Å². The van der Waals surface area contributed by atoms with Crippen LogP contribution < -0.4 is 5.32 Å². The quantitative estimate of drug-likeness (QED) is 0.493. The summed E-state index contributed by atoms with van der Waals surface area (Å²) in [7, 11) is 0. The van der Waals surface area contributed by atoms with Crippen LogP contribution in [-0.4, -0.2) is 19.9 Å². The Bertz CT molecular complexity index is 528. The highest BCUT2D eigenvalue weighted by molar-refractivity contribution is 6.29. The Morgan fingerprint density at radius 3 is 3.00 bits per heavy atom. The van der Waals surface area contributed by atoms with Gasteiger partial charge in [-0.05, 0) is 0 Å². The zero-order chi connectivity index (χ0) is 12.3. The average Bonchev–Trinajstić information content (AvgIpc) is 2.78. The molecule has 0 aliphatic rings. The molecule has 8 heteroatoms. The predicted molar refractivity (Wildman–Crippen MR) is 61.8 cm³/mol. The Hall–Kier alpha value is -2.15. The zero-order valence-corrected chi connectivity index (χ0v) is 9.31. The van der Waals surface area contributed by atoms with Crippen LogP contribution in [0.25, 0.3) is 0 Å². The van der Waals surface area contributed by atoms with Gasteiger partial charge in [0.1, 0.15) is 11.0 Å². The fourth-order valence-electron chi connectivity index (χ4n) is 1.25. The smallest absolute Gasteiger partial charge is 0.276 e. The fourth-order valence-corrected chi connectivity index (χ4v) is 1.45. The van der Waals surface area contributed by atoms with Crippen molar-refractivity contribution < 1.29 is 4.92 Å². The Morgan fingerprint density at radius 2 is 2.35 bits per heavy atom. The Morgan fingerprint density at radius 1 is 1.53 bits per heavy atom. The van der Waals surface area contributed by atoms with Gasteiger partial charge < -0.3 is 10.3 Å². The fraction of sp³-hybridized carbons (Fsp3) is 0.111. The van der Waals surface area contributed by atoms with Crippen LogP contribution in [0, 0.1) is 10.1 Å². The lowest BCUT2D eigenvalue weighted by Crippen LogP contribution is -2.02. The lowest BCUT2D eigenvalue weighted by molar-refractivity contribution is -0.384. The molecule has 0 saturated carbocycles. The lowest BCUT2D eigenvalue weighted by Gasteiger charge is -2.04. The molecule has 0 aromatic carbocycles. The summed E-state index contributed by atoms with van der Waals surface area (Å²) in [6, 6.07) is 2.52. The molecule has 0 fully saturated rings. The van der Waals surface area contributed by atoms with Gasteiger partial charge in [-0.3, -0.25) is 10.1 Å². The third-order valence-electron chi connectivity index (χ3n) is 2.00. The van der Waals surface area contributed by atoms with Crippen molar-refractivity contribution in [2.75, 3.05) is 5.32 Å². The molecule has 0 amide bonds. The van der Waals surface area contributed by atoms with Gasteiger partial charge in [-0.15, -0.1) is 0 Å². The van der Waals surface area contributed by atoms with E-state index >= 15 is 0 Å². The summed E-state index contributed by atoms with van der Waals surface area (Å²) >= 11 is 5.68. The topological polar surface area (TPSA) is 96.7 Å². The van der Waals surface area contributed by atoms with Crippen molar-refractivity contribution >= 4 is 23.1 Å². The first-order chi connectivity index (χ1) is 8.15. The molecule has 88 valence electrons. The number of rotatable bonds is 4. The molecular formula is C9H8ClN5O2. The number of halogens is 1. The van der Waals surface area contributed by atoms with Crippen LogP contribution in [-0.2, 0) is 6.54 Å². The van der Waals surface area contributed by atoms with Crippen molar-refractivity contribution in [1.82, 2.24) is 15.0 Å². The number of imidazole rings is 1. The number of H-pyrrole nitrogens is 1. The van der Waals surface area contributed by atoms with E-state index in [0.29, 0.717) is 12.4 Å². The Balaban J connectivity index is 2.13. The highest BCUT2D eigenvalue weighted by Crippen LogP contribution is 2.20. The first-order valence-electron chi connectivity index (χ1n) is 4.68. The summed E-state index contributed by atoms with van der Waals surface area (Å²) in [5.41, 5.74) is 0.742. The van der Waals surface area contributed by atoms with Crippen molar-refractivity contribution in [2.24, 2.45) is 0 Å². The molecular weight excluding hydrogens is 246 g/mol. The second-order valence-corrected chi connectivity index (χ2v) is 3.61. The van der Waals surface area contributed by atoms with Gasteiger partial charge in [-0.2, -0.15) is 0 Å². The normalized spacial score (nSPS) is 10.2. The zero-order valence-electron chi connectivity index (χ0n) is 8.55. The molecule has 0 radical (unpaired) electrons. The summed E-state index contributed by atoms with van der Waals surface area (Å²) in [6.07, 6.45) is 3.19. The van der Waals surface area contributed by atoms with Crippen LogP contribution in [0.15, 0.2) is 24.7 Å². The number of nitrogens with one attached hydrogen (secondary N) is 2. The summed E-state index contributed by atoms with van der Waals surface area (Å²) < 4.78 is 0. The first kappa shape index (κ1) is 11.3. The molecule has 2 rings (SSSR count). The Labute approximate surface area is 101 Å². The molecule has 0 aliphatic carbocycles. The molecule has 0 spiro atoms. The maximum Gasteiger partial charge on any atom is 0.276 e. The maximum atomic E-state index is 10.6. The van der Waals surface area contributed by atoms with Crippen LogP contribution in [0.2, 0.25) is 5.15 Å². The van der Waals surface area contributed by atoms with Gasteiger partial charge in [0.2, 0.25) is 0 Å². The van der Waals surface area contributed by atoms with E-state index in [1.807, 2.05) is 0 Å². The summed E-state index contributed by atoms with van der Waals surface area (Å²) in [5, 5.41) is 13.6. The van der Waals surface area contributed by atoms with E-state index in [0.717, 1.165) is 5.69 Å². The molecule has 2 aromatic heterocycles. The third kappa shape index (κ3) is 2.91. The van der Waals surface area contributed by atoms with E-state index in [4.69, 9.17) is 11.6 Å². The van der Waals surface area contributed by atoms with E-state index in [-0.39, 0.29) is 10.8 Å². The highest BCUT2D eigenvalue weighted by Gasteiger charge is 2.10. The number of nitrogens with zero attached hydrogens (tertiary/aromatic N) is 3. The van der Waals surface area contributed by atoms with E-state index in [9.17, 15) is 10.1 Å². The Kier molecular flexibility index (Phi) is 3.20. The van der Waals surface area contributed by atoms with Crippen molar-refractivity contribution in [3.8, 4) is 0 Å². The standard InChI is InChI=1S/C9H8ClN5O2/c10-8-1-7(15(16)17)2-9(14-8)12-4-6-3-11-5-13-6/h1-3,5H,4H2,(H,11,13)(H,12,14). The van der Waals surface area contributed by atoms with Crippen LogP contribution in [0.1, 0.15) is 5.69 Å². The van der Waals surface area contributed by atoms with E-state index in [2.05, 4.69) is 20.3 Å². The highest BCUT2D eigenvalue weighted by atomic mass is 35.5. The van der Waals surface area contributed by atoms with Crippen molar-refractivity contribution in [3.05, 3.63) is 45.6 Å². The molecule has 2 aromatic rings. The van der Waals surface area contributed by atoms with Crippen molar-refractivity contribution in [2.45, 2.75) is 6.54 Å². The molecule has 0 unspecified atom stereocenters. The number of nitro groups is 1. The van der Waals surface area contributed by atoms with E-state index in [1.165, 1.54) is 12.1 Å². The number of aromatic nitrogens is 3. The van der Waals surface area contributed by atoms with E-state index < -0.39 is 4.92 Å². The van der Waals surface area contributed by atoms with Crippen LogP contribution >= 0.6 is 11.6 Å².